The molecular formula is C15H21NO2. The fourth-order valence-electron chi connectivity index (χ4n) is 2.58. The Morgan fingerprint density at radius 3 is 2.61 bits per heavy atom. The number of carbonyl (C=O) groups excluding carboxylic acids is 1. The van der Waals surface area contributed by atoms with Gasteiger partial charge in [-0.25, -0.2) is 0 Å². The molecule has 2 N–H and O–H groups in total. The van der Waals surface area contributed by atoms with Gasteiger partial charge in [0, 0.05) is 6.04 Å². The number of aliphatic hydroxyl groups is 1. The van der Waals surface area contributed by atoms with E-state index < -0.39 is 6.10 Å². The molecule has 18 heavy (non-hydrogen) atoms. The average Bonchev–Trinajstić information content (AvgIpc) is 2.41. The molecule has 0 bridgehead atoms. The minimum Gasteiger partial charge on any atom is -0.378 e. The van der Waals surface area contributed by atoms with E-state index in [0.29, 0.717) is 11.5 Å². The molecular weight excluding hydrogens is 226 g/mol. The first kappa shape index (κ1) is 13.1. The molecule has 3 nitrogen and oxygen atoms in total. The normalized spacial score (nSPS) is 25.4. The third kappa shape index (κ3) is 3.10. The lowest BCUT2D eigenvalue weighted by atomic mass is 9.86. The molecule has 1 aliphatic carbocycles. The van der Waals surface area contributed by atoms with Crippen molar-refractivity contribution in [1.29, 1.82) is 0 Å². The van der Waals surface area contributed by atoms with Crippen molar-refractivity contribution in [3.63, 3.8) is 0 Å². The first-order chi connectivity index (χ1) is 8.68. The smallest absolute Gasteiger partial charge is 0.253 e. The van der Waals surface area contributed by atoms with Gasteiger partial charge in [-0.05, 0) is 24.3 Å². The fourth-order valence-corrected chi connectivity index (χ4v) is 2.58. The van der Waals surface area contributed by atoms with Crippen LogP contribution in [0.3, 0.4) is 0 Å². The highest BCUT2D eigenvalue weighted by Gasteiger charge is 2.25. The van der Waals surface area contributed by atoms with E-state index in [2.05, 4.69) is 12.2 Å². The molecule has 1 aliphatic rings. The van der Waals surface area contributed by atoms with Crippen molar-refractivity contribution in [2.45, 2.75) is 44.8 Å². The molecule has 3 atom stereocenters. The monoisotopic (exact) mass is 247 g/mol. The van der Waals surface area contributed by atoms with E-state index in [1.165, 1.54) is 6.42 Å². The quantitative estimate of drug-likeness (QED) is 0.861. The van der Waals surface area contributed by atoms with Gasteiger partial charge in [0.05, 0.1) is 0 Å². The van der Waals surface area contributed by atoms with Gasteiger partial charge in [-0.2, -0.15) is 0 Å². The third-order valence-electron chi connectivity index (χ3n) is 3.80. The van der Waals surface area contributed by atoms with Gasteiger partial charge >= 0.3 is 0 Å². The third-order valence-corrected chi connectivity index (χ3v) is 3.80. The maximum Gasteiger partial charge on any atom is 0.253 e. The van der Waals surface area contributed by atoms with Gasteiger partial charge in [0.2, 0.25) is 0 Å². The zero-order valence-corrected chi connectivity index (χ0v) is 10.8. The highest BCUT2D eigenvalue weighted by molar-refractivity contribution is 5.82. The SMILES string of the molecule is CC1CCCCC1NC(=O)C(O)c1ccccc1. The molecule has 0 aliphatic heterocycles. The molecule has 1 fully saturated rings. The summed E-state index contributed by atoms with van der Waals surface area (Å²) >= 11 is 0. The predicted octanol–water partition coefficient (Wildman–Crippen LogP) is 2.41. The minimum atomic E-state index is -1.06. The Labute approximate surface area is 108 Å². The second-order valence-electron chi connectivity index (χ2n) is 5.19. The maximum atomic E-state index is 12.0. The number of rotatable bonds is 3. The summed E-state index contributed by atoms with van der Waals surface area (Å²) in [5.41, 5.74) is 0.651. The topological polar surface area (TPSA) is 49.3 Å². The number of hydrogen-bond acceptors (Lipinski definition) is 2. The summed E-state index contributed by atoms with van der Waals surface area (Å²) in [4.78, 5) is 12.0. The summed E-state index contributed by atoms with van der Waals surface area (Å²) in [6.45, 7) is 2.17. The second kappa shape index (κ2) is 6.01. The van der Waals surface area contributed by atoms with Crippen LogP contribution in [0.25, 0.3) is 0 Å². The number of amides is 1. The van der Waals surface area contributed by atoms with Crippen molar-refractivity contribution < 1.29 is 9.90 Å². The molecule has 1 saturated carbocycles. The van der Waals surface area contributed by atoms with Gasteiger partial charge < -0.3 is 10.4 Å². The van der Waals surface area contributed by atoms with Crippen molar-refractivity contribution in [3.8, 4) is 0 Å². The van der Waals surface area contributed by atoms with Gasteiger partial charge in [0.25, 0.3) is 5.91 Å². The minimum absolute atomic E-state index is 0.213. The van der Waals surface area contributed by atoms with Gasteiger partial charge in [0.1, 0.15) is 0 Å². The molecule has 1 aromatic rings. The Morgan fingerprint density at radius 2 is 1.94 bits per heavy atom. The first-order valence-electron chi connectivity index (χ1n) is 6.72. The van der Waals surface area contributed by atoms with E-state index in [9.17, 15) is 9.90 Å². The van der Waals surface area contributed by atoms with Crippen LogP contribution in [0.5, 0.6) is 0 Å². The largest absolute Gasteiger partial charge is 0.378 e. The number of aliphatic hydroxyl groups excluding tert-OH is 1. The van der Waals surface area contributed by atoms with E-state index in [0.717, 1.165) is 19.3 Å². The molecule has 3 unspecified atom stereocenters. The van der Waals surface area contributed by atoms with Crippen LogP contribution in [0.2, 0.25) is 0 Å². The summed E-state index contributed by atoms with van der Waals surface area (Å²) in [5.74, 6) is 0.227. The molecule has 0 heterocycles. The van der Waals surface area contributed by atoms with E-state index >= 15 is 0 Å². The number of hydrogen-bond donors (Lipinski definition) is 2. The molecule has 0 aromatic heterocycles. The standard InChI is InChI=1S/C15H21NO2/c1-11-7-5-6-10-13(11)16-15(18)14(17)12-8-3-2-4-9-12/h2-4,8-9,11,13-14,17H,5-7,10H2,1H3,(H,16,18). The summed E-state index contributed by atoms with van der Waals surface area (Å²) in [6.07, 6.45) is 3.53. The maximum absolute atomic E-state index is 12.0. The lowest BCUT2D eigenvalue weighted by Gasteiger charge is -2.30. The number of nitrogens with one attached hydrogen (secondary N) is 1. The molecule has 0 saturated heterocycles. The highest BCUT2D eigenvalue weighted by atomic mass is 16.3. The first-order valence-corrected chi connectivity index (χ1v) is 6.72. The van der Waals surface area contributed by atoms with Crippen molar-refractivity contribution in [3.05, 3.63) is 35.9 Å². The zero-order chi connectivity index (χ0) is 13.0. The Balaban J connectivity index is 1.95. The molecule has 1 aromatic carbocycles. The molecule has 0 spiro atoms. The van der Waals surface area contributed by atoms with E-state index in [-0.39, 0.29) is 11.9 Å². The Hall–Kier alpha value is -1.35. The van der Waals surface area contributed by atoms with Crippen LogP contribution in [-0.2, 0) is 4.79 Å². The molecule has 1 amide bonds. The predicted molar refractivity (Wildman–Crippen MR) is 71.0 cm³/mol. The lowest BCUT2D eigenvalue weighted by Crippen LogP contribution is -2.43. The molecule has 98 valence electrons. The van der Waals surface area contributed by atoms with Gasteiger partial charge in [-0.15, -0.1) is 0 Å². The van der Waals surface area contributed by atoms with Crippen LogP contribution >= 0.6 is 0 Å². The van der Waals surface area contributed by atoms with Crippen molar-refractivity contribution in [2.24, 2.45) is 5.92 Å². The molecule has 2 rings (SSSR count). The molecule has 3 heteroatoms. The highest BCUT2D eigenvalue weighted by Crippen LogP contribution is 2.24. The van der Waals surface area contributed by atoms with Crippen LogP contribution in [0.15, 0.2) is 30.3 Å². The Morgan fingerprint density at radius 1 is 1.28 bits per heavy atom. The number of carbonyl (C=O) groups is 1. The summed E-state index contributed by atoms with van der Waals surface area (Å²) in [7, 11) is 0. The summed E-state index contributed by atoms with van der Waals surface area (Å²) < 4.78 is 0. The van der Waals surface area contributed by atoms with Crippen molar-refractivity contribution >= 4 is 5.91 Å². The van der Waals surface area contributed by atoms with Crippen LogP contribution in [-0.4, -0.2) is 17.1 Å². The van der Waals surface area contributed by atoms with E-state index in [1.807, 2.05) is 18.2 Å². The van der Waals surface area contributed by atoms with Crippen molar-refractivity contribution in [1.82, 2.24) is 5.32 Å². The van der Waals surface area contributed by atoms with Crippen LogP contribution in [0, 0.1) is 5.92 Å². The summed E-state index contributed by atoms with van der Waals surface area (Å²) in [6, 6.07) is 9.29. The van der Waals surface area contributed by atoms with Crippen LogP contribution < -0.4 is 5.32 Å². The molecule has 0 radical (unpaired) electrons. The average molecular weight is 247 g/mol. The Kier molecular flexibility index (Phi) is 4.37. The van der Waals surface area contributed by atoms with Crippen LogP contribution in [0.1, 0.15) is 44.3 Å². The van der Waals surface area contributed by atoms with Gasteiger partial charge in [-0.3, -0.25) is 4.79 Å². The second-order valence-corrected chi connectivity index (χ2v) is 5.19. The van der Waals surface area contributed by atoms with Crippen molar-refractivity contribution in [2.75, 3.05) is 0 Å². The van der Waals surface area contributed by atoms with Crippen LogP contribution in [0.4, 0.5) is 0 Å². The van der Waals surface area contributed by atoms with E-state index in [4.69, 9.17) is 0 Å². The van der Waals surface area contributed by atoms with Gasteiger partial charge in [0.15, 0.2) is 6.10 Å². The van der Waals surface area contributed by atoms with E-state index in [1.54, 1.807) is 12.1 Å². The number of benzene rings is 1. The summed E-state index contributed by atoms with van der Waals surface area (Å²) in [5, 5.41) is 13.0. The van der Waals surface area contributed by atoms with Gasteiger partial charge in [-0.1, -0.05) is 50.1 Å². The Bertz CT molecular complexity index is 391. The lowest BCUT2D eigenvalue weighted by molar-refractivity contribution is -0.131. The zero-order valence-electron chi connectivity index (χ0n) is 10.8. The fraction of sp³-hybridized carbons (Fsp3) is 0.533.